The maximum atomic E-state index is 13.3. The molecule has 3 heterocycles. The summed E-state index contributed by atoms with van der Waals surface area (Å²) in [4.78, 5) is 24.8. The van der Waals surface area contributed by atoms with E-state index < -0.39 is 23.2 Å². The first-order valence-corrected chi connectivity index (χ1v) is 11.0. The zero-order valence-corrected chi connectivity index (χ0v) is 19.3. The van der Waals surface area contributed by atoms with Gasteiger partial charge >= 0.3 is 6.18 Å². The van der Waals surface area contributed by atoms with Crippen molar-refractivity contribution in [1.29, 1.82) is 0 Å². The summed E-state index contributed by atoms with van der Waals surface area (Å²) in [6, 6.07) is 15.7. The number of amides is 1. The van der Waals surface area contributed by atoms with Crippen molar-refractivity contribution in [3.05, 3.63) is 95.5 Å². The molecule has 0 fully saturated rings. The SMILES string of the molecule is O=C(Nc1cccc(Oc2ccc3nc(Nc4ccnc(Cl)n4)cn3n2)c1)c1ccccc1C(F)(F)F. The second-order valence-corrected chi connectivity index (χ2v) is 7.90. The summed E-state index contributed by atoms with van der Waals surface area (Å²) in [6.07, 6.45) is -1.54. The van der Waals surface area contributed by atoms with E-state index in [-0.39, 0.29) is 16.9 Å². The van der Waals surface area contributed by atoms with Crippen molar-refractivity contribution in [1.82, 2.24) is 24.6 Å². The predicted molar refractivity (Wildman–Crippen MR) is 129 cm³/mol. The number of rotatable bonds is 6. The molecule has 0 bridgehead atoms. The molecule has 186 valence electrons. The highest BCUT2D eigenvalue weighted by Crippen LogP contribution is 2.32. The number of aromatic nitrogens is 5. The minimum Gasteiger partial charge on any atom is -0.438 e. The molecule has 0 saturated carbocycles. The Morgan fingerprint density at radius 2 is 1.81 bits per heavy atom. The molecule has 0 radical (unpaired) electrons. The number of imidazole rings is 1. The minimum absolute atomic E-state index is 0.0885. The number of hydrogen-bond donors (Lipinski definition) is 2. The quantitative estimate of drug-likeness (QED) is 0.263. The Labute approximate surface area is 211 Å². The molecule has 0 aliphatic carbocycles. The molecule has 5 aromatic rings. The standard InChI is InChI=1S/C24H15ClF3N7O2/c25-23-29-11-10-18(33-23)31-19-13-35-20(32-19)8-9-21(34-35)37-15-5-3-4-14(12-15)30-22(36)16-6-1-2-7-17(16)24(26,27)28/h1-13H,(H,30,36)(H,29,31,33). The van der Waals surface area contributed by atoms with Gasteiger partial charge in [0, 0.05) is 24.0 Å². The number of benzene rings is 2. The minimum atomic E-state index is -4.66. The van der Waals surface area contributed by atoms with Crippen molar-refractivity contribution in [2.75, 3.05) is 10.6 Å². The summed E-state index contributed by atoms with van der Waals surface area (Å²) in [6.45, 7) is 0. The Morgan fingerprint density at radius 3 is 2.62 bits per heavy atom. The highest BCUT2D eigenvalue weighted by Gasteiger charge is 2.34. The van der Waals surface area contributed by atoms with Crippen molar-refractivity contribution in [3.8, 4) is 11.6 Å². The molecule has 1 amide bonds. The van der Waals surface area contributed by atoms with Gasteiger partial charge in [-0.3, -0.25) is 4.79 Å². The molecule has 13 heteroatoms. The van der Waals surface area contributed by atoms with Crippen LogP contribution in [0, 0.1) is 0 Å². The first kappa shape index (κ1) is 24.0. The Morgan fingerprint density at radius 1 is 0.973 bits per heavy atom. The number of nitrogens with zero attached hydrogens (tertiary/aromatic N) is 5. The van der Waals surface area contributed by atoms with Crippen LogP contribution in [0.15, 0.2) is 79.1 Å². The summed E-state index contributed by atoms with van der Waals surface area (Å²) in [7, 11) is 0. The summed E-state index contributed by atoms with van der Waals surface area (Å²) >= 11 is 5.80. The van der Waals surface area contributed by atoms with Gasteiger partial charge in [0.25, 0.3) is 5.91 Å². The molecule has 0 aliphatic heterocycles. The molecule has 2 aromatic carbocycles. The highest BCUT2D eigenvalue weighted by molar-refractivity contribution is 6.28. The van der Waals surface area contributed by atoms with Crippen LogP contribution < -0.4 is 15.4 Å². The zero-order chi connectivity index (χ0) is 26.0. The van der Waals surface area contributed by atoms with Crippen LogP contribution in [-0.2, 0) is 6.18 Å². The normalized spacial score (nSPS) is 11.4. The molecular formula is C24H15ClF3N7O2. The second kappa shape index (κ2) is 9.74. The first-order valence-electron chi connectivity index (χ1n) is 10.6. The van der Waals surface area contributed by atoms with Crippen molar-refractivity contribution < 1.29 is 22.7 Å². The van der Waals surface area contributed by atoms with Crippen molar-refractivity contribution in [2.24, 2.45) is 0 Å². The van der Waals surface area contributed by atoms with Gasteiger partial charge in [0.1, 0.15) is 11.6 Å². The highest BCUT2D eigenvalue weighted by atomic mass is 35.5. The van der Waals surface area contributed by atoms with Crippen LogP contribution in [0.1, 0.15) is 15.9 Å². The van der Waals surface area contributed by atoms with Crippen molar-refractivity contribution in [3.63, 3.8) is 0 Å². The van der Waals surface area contributed by atoms with Gasteiger partial charge in [0.15, 0.2) is 11.5 Å². The maximum absolute atomic E-state index is 13.3. The average molecular weight is 526 g/mol. The van der Waals surface area contributed by atoms with E-state index >= 15 is 0 Å². The van der Waals surface area contributed by atoms with Crippen LogP contribution in [-0.4, -0.2) is 30.5 Å². The third-order valence-electron chi connectivity index (χ3n) is 4.97. The number of nitrogens with one attached hydrogen (secondary N) is 2. The third-order valence-corrected chi connectivity index (χ3v) is 5.15. The fourth-order valence-corrected chi connectivity index (χ4v) is 3.55. The summed E-state index contributed by atoms with van der Waals surface area (Å²) < 4.78 is 47.1. The van der Waals surface area contributed by atoms with E-state index in [9.17, 15) is 18.0 Å². The number of ether oxygens (including phenoxy) is 1. The van der Waals surface area contributed by atoms with Gasteiger partial charge in [-0.15, -0.1) is 5.10 Å². The van der Waals surface area contributed by atoms with Gasteiger partial charge in [-0.2, -0.15) is 13.2 Å². The molecule has 9 nitrogen and oxygen atoms in total. The number of halogens is 4. The van der Waals surface area contributed by atoms with E-state index in [2.05, 4.69) is 30.7 Å². The van der Waals surface area contributed by atoms with Crippen LogP contribution in [0.3, 0.4) is 0 Å². The first-order chi connectivity index (χ1) is 17.7. The fraction of sp³-hybridized carbons (Fsp3) is 0.0417. The van der Waals surface area contributed by atoms with Gasteiger partial charge in [-0.1, -0.05) is 18.2 Å². The zero-order valence-electron chi connectivity index (χ0n) is 18.6. The van der Waals surface area contributed by atoms with Crippen molar-refractivity contribution in [2.45, 2.75) is 6.18 Å². The molecule has 0 spiro atoms. The van der Waals surface area contributed by atoms with Gasteiger partial charge in [0.05, 0.1) is 17.3 Å². The van der Waals surface area contributed by atoms with E-state index in [1.807, 2.05) is 0 Å². The Bertz CT molecular complexity index is 1610. The van der Waals surface area contributed by atoms with E-state index in [0.29, 0.717) is 23.0 Å². The molecular weight excluding hydrogens is 511 g/mol. The molecule has 0 saturated heterocycles. The number of hydrogen-bond acceptors (Lipinski definition) is 7. The largest absolute Gasteiger partial charge is 0.438 e. The van der Waals surface area contributed by atoms with Crippen LogP contribution >= 0.6 is 11.6 Å². The number of alkyl halides is 3. The lowest BCUT2D eigenvalue weighted by Crippen LogP contribution is -2.18. The molecule has 5 rings (SSSR count). The Balaban J connectivity index is 1.31. The smallest absolute Gasteiger partial charge is 0.417 e. The molecule has 0 unspecified atom stereocenters. The Hall–Kier alpha value is -4.71. The molecule has 2 N–H and O–H groups in total. The topological polar surface area (TPSA) is 106 Å². The third kappa shape index (κ3) is 5.59. The fourth-order valence-electron chi connectivity index (χ4n) is 3.40. The number of carbonyl (C=O) groups is 1. The van der Waals surface area contributed by atoms with E-state index in [4.69, 9.17) is 16.3 Å². The number of fused-ring (bicyclic) bond motifs is 1. The van der Waals surface area contributed by atoms with Gasteiger partial charge in [-0.25, -0.2) is 19.5 Å². The summed E-state index contributed by atoms with van der Waals surface area (Å²) in [5.41, 5.74) is -0.728. The van der Waals surface area contributed by atoms with Gasteiger partial charge < -0.3 is 15.4 Å². The summed E-state index contributed by atoms with van der Waals surface area (Å²) in [5, 5.41) is 9.91. The average Bonchev–Trinajstić information content (AvgIpc) is 3.25. The lowest BCUT2D eigenvalue weighted by atomic mass is 10.1. The van der Waals surface area contributed by atoms with Crippen molar-refractivity contribution >= 4 is 40.5 Å². The van der Waals surface area contributed by atoms with Crippen LogP contribution in [0.2, 0.25) is 5.28 Å². The second-order valence-electron chi connectivity index (χ2n) is 7.56. The number of carbonyl (C=O) groups excluding carboxylic acids is 1. The monoisotopic (exact) mass is 525 g/mol. The molecule has 0 atom stereocenters. The maximum Gasteiger partial charge on any atom is 0.417 e. The van der Waals surface area contributed by atoms with E-state index in [1.54, 1.807) is 36.5 Å². The van der Waals surface area contributed by atoms with Crippen LogP contribution in [0.4, 0.5) is 30.5 Å². The summed E-state index contributed by atoms with van der Waals surface area (Å²) in [5.74, 6) is 0.545. The van der Waals surface area contributed by atoms with Crippen LogP contribution in [0.25, 0.3) is 5.65 Å². The molecule has 3 aromatic heterocycles. The lowest BCUT2D eigenvalue weighted by Gasteiger charge is -2.13. The molecule has 0 aliphatic rings. The Kier molecular flexibility index (Phi) is 6.32. The van der Waals surface area contributed by atoms with E-state index in [0.717, 1.165) is 12.1 Å². The lowest BCUT2D eigenvalue weighted by molar-refractivity contribution is -0.137. The molecule has 37 heavy (non-hydrogen) atoms. The van der Waals surface area contributed by atoms with Gasteiger partial charge in [0.2, 0.25) is 11.2 Å². The predicted octanol–water partition coefficient (Wildman–Crippen LogP) is 5.98. The van der Waals surface area contributed by atoms with Gasteiger partial charge in [-0.05, 0) is 48.0 Å². The number of anilines is 3. The van der Waals surface area contributed by atoms with Crippen LogP contribution in [0.5, 0.6) is 11.6 Å². The van der Waals surface area contributed by atoms with E-state index in [1.165, 1.54) is 35.0 Å².